The van der Waals surface area contributed by atoms with Crippen LogP contribution < -0.4 is 10.9 Å². The summed E-state index contributed by atoms with van der Waals surface area (Å²) in [6, 6.07) is 9.56. The minimum atomic E-state index is -0.411. The minimum Gasteiger partial charge on any atom is -0.448 e. The molecule has 2 aromatic heterocycles. The van der Waals surface area contributed by atoms with Crippen molar-refractivity contribution in [3.05, 3.63) is 87.0 Å². The van der Waals surface area contributed by atoms with Crippen molar-refractivity contribution in [2.45, 2.75) is 26.4 Å². The standard InChI is InChI=1S/C22H22N4O4/c1-14-19(24-13-30-14)22(29)25-9-8-17-16(11-25)12-26(10-15-6-4-3-5-7-15)21(28)18(17)20(27)23-2/h3-7,12-13H,8-11H2,1-2H3,(H,23,27). The van der Waals surface area contributed by atoms with Crippen molar-refractivity contribution in [1.82, 2.24) is 19.8 Å². The van der Waals surface area contributed by atoms with Gasteiger partial charge in [-0.1, -0.05) is 30.3 Å². The highest BCUT2D eigenvalue weighted by Gasteiger charge is 2.29. The number of benzene rings is 1. The first-order valence-corrected chi connectivity index (χ1v) is 9.70. The number of aromatic nitrogens is 2. The van der Waals surface area contributed by atoms with Crippen LogP contribution in [0.2, 0.25) is 0 Å². The minimum absolute atomic E-state index is 0.149. The number of hydrogen-bond donors (Lipinski definition) is 1. The lowest BCUT2D eigenvalue weighted by atomic mass is 9.95. The molecule has 0 spiro atoms. The molecule has 30 heavy (non-hydrogen) atoms. The van der Waals surface area contributed by atoms with Crippen LogP contribution in [0.3, 0.4) is 0 Å². The van der Waals surface area contributed by atoms with Gasteiger partial charge < -0.3 is 19.2 Å². The van der Waals surface area contributed by atoms with E-state index in [2.05, 4.69) is 10.3 Å². The summed E-state index contributed by atoms with van der Waals surface area (Å²) in [7, 11) is 1.51. The maximum absolute atomic E-state index is 13.1. The number of hydrogen-bond acceptors (Lipinski definition) is 5. The zero-order valence-corrected chi connectivity index (χ0v) is 16.8. The largest absolute Gasteiger partial charge is 0.448 e. The van der Waals surface area contributed by atoms with E-state index in [0.717, 1.165) is 11.1 Å². The van der Waals surface area contributed by atoms with Gasteiger partial charge in [-0.15, -0.1) is 0 Å². The molecule has 1 N–H and O–H groups in total. The molecule has 1 aliphatic heterocycles. The Morgan fingerprint density at radius 2 is 2.00 bits per heavy atom. The summed E-state index contributed by atoms with van der Waals surface area (Å²) in [6.45, 7) is 2.72. The van der Waals surface area contributed by atoms with Crippen LogP contribution in [-0.4, -0.2) is 39.9 Å². The quantitative estimate of drug-likeness (QED) is 0.712. The molecule has 0 aliphatic carbocycles. The summed E-state index contributed by atoms with van der Waals surface area (Å²) in [5.41, 5.74) is 2.53. The topological polar surface area (TPSA) is 97.4 Å². The fourth-order valence-electron chi connectivity index (χ4n) is 3.80. The molecule has 154 valence electrons. The Balaban J connectivity index is 1.74. The zero-order chi connectivity index (χ0) is 21.3. The Morgan fingerprint density at radius 1 is 1.23 bits per heavy atom. The van der Waals surface area contributed by atoms with E-state index in [0.29, 0.717) is 37.4 Å². The Kier molecular flexibility index (Phi) is 5.22. The first-order chi connectivity index (χ1) is 14.5. The predicted octanol–water partition coefficient (Wildman–Crippen LogP) is 1.75. The van der Waals surface area contributed by atoms with Crippen LogP contribution in [0.5, 0.6) is 0 Å². The highest BCUT2D eigenvalue weighted by molar-refractivity contribution is 5.96. The number of pyridine rings is 1. The van der Waals surface area contributed by atoms with Crippen molar-refractivity contribution in [3.63, 3.8) is 0 Å². The van der Waals surface area contributed by atoms with Gasteiger partial charge in [0.1, 0.15) is 11.3 Å². The second kappa shape index (κ2) is 7.98. The van der Waals surface area contributed by atoms with Gasteiger partial charge in [-0.2, -0.15) is 0 Å². The normalized spacial score (nSPS) is 13.1. The zero-order valence-electron chi connectivity index (χ0n) is 16.8. The lowest BCUT2D eigenvalue weighted by molar-refractivity contribution is 0.0727. The van der Waals surface area contributed by atoms with Gasteiger partial charge in [0, 0.05) is 26.3 Å². The Bertz CT molecular complexity index is 1160. The highest BCUT2D eigenvalue weighted by Crippen LogP contribution is 2.23. The molecule has 0 fully saturated rings. The maximum atomic E-state index is 13.1. The molecular formula is C22H22N4O4. The maximum Gasteiger partial charge on any atom is 0.276 e. The molecule has 3 aromatic rings. The average Bonchev–Trinajstić information content (AvgIpc) is 3.19. The molecule has 0 radical (unpaired) electrons. The Morgan fingerprint density at radius 3 is 2.67 bits per heavy atom. The molecule has 1 aliphatic rings. The van der Waals surface area contributed by atoms with E-state index in [4.69, 9.17) is 4.42 Å². The van der Waals surface area contributed by atoms with Crippen molar-refractivity contribution < 1.29 is 14.0 Å². The third-order valence-electron chi connectivity index (χ3n) is 5.35. The molecule has 0 saturated heterocycles. The van der Waals surface area contributed by atoms with E-state index in [1.165, 1.54) is 18.0 Å². The molecule has 1 aromatic carbocycles. The smallest absolute Gasteiger partial charge is 0.276 e. The van der Waals surface area contributed by atoms with E-state index in [1.54, 1.807) is 18.0 Å². The van der Waals surface area contributed by atoms with Crippen LogP contribution in [0.15, 0.2) is 52.1 Å². The molecule has 0 atom stereocenters. The third kappa shape index (κ3) is 3.52. The number of amides is 2. The summed E-state index contributed by atoms with van der Waals surface area (Å²) in [6.07, 6.45) is 3.43. The van der Waals surface area contributed by atoms with Crippen molar-refractivity contribution in [3.8, 4) is 0 Å². The lowest BCUT2D eigenvalue weighted by Crippen LogP contribution is -2.41. The first kappa shape index (κ1) is 19.6. The number of carbonyl (C=O) groups excluding carboxylic acids is 2. The van der Waals surface area contributed by atoms with E-state index in [-0.39, 0.29) is 22.7 Å². The SMILES string of the molecule is CNC(=O)c1c2c(cn(Cc3ccccc3)c1=O)CN(C(=O)c1ncoc1C)CC2. The number of fused-ring (bicyclic) bond motifs is 1. The van der Waals surface area contributed by atoms with E-state index in [9.17, 15) is 14.4 Å². The summed E-state index contributed by atoms with van der Waals surface area (Å²) in [4.78, 5) is 44.2. The van der Waals surface area contributed by atoms with Crippen LogP contribution >= 0.6 is 0 Å². The van der Waals surface area contributed by atoms with Gasteiger partial charge >= 0.3 is 0 Å². The average molecular weight is 406 g/mol. The summed E-state index contributed by atoms with van der Waals surface area (Å²) >= 11 is 0. The van der Waals surface area contributed by atoms with E-state index in [1.807, 2.05) is 30.3 Å². The molecular weight excluding hydrogens is 384 g/mol. The summed E-state index contributed by atoms with van der Waals surface area (Å²) in [5.74, 6) is -0.175. The van der Waals surface area contributed by atoms with Crippen molar-refractivity contribution in [2.24, 2.45) is 0 Å². The number of aryl methyl sites for hydroxylation is 1. The second-order valence-electron chi connectivity index (χ2n) is 7.24. The summed E-state index contributed by atoms with van der Waals surface area (Å²) < 4.78 is 6.69. The van der Waals surface area contributed by atoms with Gasteiger partial charge in [0.25, 0.3) is 17.4 Å². The Hall–Kier alpha value is -3.68. The van der Waals surface area contributed by atoms with Crippen molar-refractivity contribution >= 4 is 11.8 Å². The van der Waals surface area contributed by atoms with Gasteiger partial charge in [0.05, 0.1) is 6.54 Å². The molecule has 0 unspecified atom stereocenters. The molecule has 0 saturated carbocycles. The van der Waals surface area contributed by atoms with E-state index < -0.39 is 5.91 Å². The van der Waals surface area contributed by atoms with Crippen LogP contribution in [0.1, 0.15) is 43.3 Å². The van der Waals surface area contributed by atoms with Crippen molar-refractivity contribution in [2.75, 3.05) is 13.6 Å². The number of nitrogens with zero attached hydrogens (tertiary/aromatic N) is 3. The number of rotatable bonds is 4. The van der Waals surface area contributed by atoms with Crippen LogP contribution in [0.4, 0.5) is 0 Å². The van der Waals surface area contributed by atoms with Gasteiger partial charge in [-0.3, -0.25) is 14.4 Å². The van der Waals surface area contributed by atoms with E-state index >= 15 is 0 Å². The highest BCUT2D eigenvalue weighted by atomic mass is 16.3. The summed E-state index contributed by atoms with van der Waals surface area (Å²) in [5, 5.41) is 2.57. The third-order valence-corrected chi connectivity index (χ3v) is 5.35. The number of oxazole rings is 1. The molecule has 2 amide bonds. The van der Waals surface area contributed by atoms with Crippen LogP contribution in [0.25, 0.3) is 0 Å². The molecule has 4 rings (SSSR count). The number of nitrogens with one attached hydrogen (secondary N) is 1. The lowest BCUT2D eigenvalue weighted by Gasteiger charge is -2.30. The fourth-order valence-corrected chi connectivity index (χ4v) is 3.80. The van der Waals surface area contributed by atoms with Crippen molar-refractivity contribution in [1.29, 1.82) is 0 Å². The van der Waals surface area contributed by atoms with Crippen LogP contribution in [0, 0.1) is 6.92 Å². The molecule has 0 bridgehead atoms. The van der Waals surface area contributed by atoms with Gasteiger partial charge in [0.15, 0.2) is 12.1 Å². The number of carbonyl (C=O) groups is 2. The van der Waals surface area contributed by atoms with Gasteiger partial charge in [-0.05, 0) is 30.0 Å². The van der Waals surface area contributed by atoms with Gasteiger partial charge in [0.2, 0.25) is 0 Å². The first-order valence-electron chi connectivity index (χ1n) is 9.70. The molecule has 8 nitrogen and oxygen atoms in total. The van der Waals surface area contributed by atoms with Crippen LogP contribution in [-0.2, 0) is 19.5 Å². The predicted molar refractivity (Wildman–Crippen MR) is 109 cm³/mol. The second-order valence-corrected chi connectivity index (χ2v) is 7.24. The Labute approximate surface area is 173 Å². The van der Waals surface area contributed by atoms with Gasteiger partial charge in [-0.25, -0.2) is 4.98 Å². The monoisotopic (exact) mass is 406 g/mol. The molecule has 8 heteroatoms. The molecule has 3 heterocycles. The fraction of sp³-hybridized carbons (Fsp3) is 0.273.